The molecule has 1 aromatic carbocycles. The summed E-state index contributed by atoms with van der Waals surface area (Å²) < 4.78 is 2.81. The second kappa shape index (κ2) is 5.92. The van der Waals surface area contributed by atoms with E-state index in [0.717, 1.165) is 15.5 Å². The molecular formula is C13H15BrClN3O. The van der Waals surface area contributed by atoms with Gasteiger partial charge in [-0.15, -0.1) is 11.6 Å². The summed E-state index contributed by atoms with van der Waals surface area (Å²) in [5, 5.41) is 2.54. The van der Waals surface area contributed by atoms with Crippen molar-refractivity contribution in [2.45, 2.75) is 25.8 Å². The zero-order chi connectivity index (χ0) is 14.0. The van der Waals surface area contributed by atoms with Gasteiger partial charge in [-0.2, -0.15) is 0 Å². The quantitative estimate of drug-likeness (QED) is 0.866. The highest BCUT2D eigenvalue weighted by molar-refractivity contribution is 9.10. The number of imidazole rings is 1. The fraction of sp³-hybridized carbons (Fsp3) is 0.385. The predicted octanol–water partition coefficient (Wildman–Crippen LogP) is 3.23. The molecule has 0 saturated carbocycles. The van der Waals surface area contributed by atoms with Crippen LogP contribution in [0, 0.1) is 0 Å². The monoisotopic (exact) mass is 343 g/mol. The standard InChI is InChI=1S/C13H15BrClN3O/c1-3-16-12(19)7-18-11-6-9(14)4-5-10(11)17-13(18)8(2)15/h4-6,8H,3,7H2,1-2H3,(H,16,19). The summed E-state index contributed by atoms with van der Waals surface area (Å²) in [7, 11) is 0. The summed E-state index contributed by atoms with van der Waals surface area (Å²) in [5.74, 6) is 0.668. The van der Waals surface area contributed by atoms with Crippen molar-refractivity contribution < 1.29 is 4.79 Å². The van der Waals surface area contributed by atoms with Crippen LogP contribution in [0.2, 0.25) is 0 Å². The third kappa shape index (κ3) is 3.09. The zero-order valence-corrected chi connectivity index (χ0v) is 13.1. The van der Waals surface area contributed by atoms with Gasteiger partial charge in [0.05, 0.1) is 16.4 Å². The summed E-state index contributed by atoms with van der Waals surface area (Å²) in [6.45, 7) is 4.59. The van der Waals surface area contributed by atoms with Crippen molar-refractivity contribution in [1.29, 1.82) is 0 Å². The van der Waals surface area contributed by atoms with Gasteiger partial charge in [-0.3, -0.25) is 4.79 Å². The molecule has 2 rings (SSSR count). The first kappa shape index (κ1) is 14.3. The Morgan fingerprint density at radius 3 is 2.95 bits per heavy atom. The van der Waals surface area contributed by atoms with E-state index in [1.807, 2.05) is 36.6 Å². The van der Waals surface area contributed by atoms with Gasteiger partial charge in [-0.25, -0.2) is 4.98 Å². The van der Waals surface area contributed by atoms with E-state index < -0.39 is 0 Å². The van der Waals surface area contributed by atoms with Gasteiger partial charge in [-0.1, -0.05) is 15.9 Å². The van der Waals surface area contributed by atoms with Crippen molar-refractivity contribution in [2.24, 2.45) is 0 Å². The number of alkyl halides is 1. The zero-order valence-electron chi connectivity index (χ0n) is 10.8. The minimum atomic E-state index is -0.249. The number of benzene rings is 1. The fourth-order valence-corrected chi connectivity index (χ4v) is 2.50. The fourth-order valence-electron chi connectivity index (χ4n) is 1.98. The van der Waals surface area contributed by atoms with E-state index in [1.54, 1.807) is 0 Å². The Labute approximate surface area is 125 Å². The van der Waals surface area contributed by atoms with Gasteiger partial charge in [0.2, 0.25) is 5.91 Å². The van der Waals surface area contributed by atoms with Crippen molar-refractivity contribution in [3.8, 4) is 0 Å². The Morgan fingerprint density at radius 2 is 2.32 bits per heavy atom. The maximum atomic E-state index is 11.8. The SMILES string of the molecule is CCNC(=O)Cn1c(C(C)Cl)nc2ccc(Br)cc21. The van der Waals surface area contributed by atoms with Crippen LogP contribution < -0.4 is 5.32 Å². The molecule has 6 heteroatoms. The Bertz CT molecular complexity index is 609. The molecule has 0 saturated heterocycles. The number of nitrogens with zero attached hydrogens (tertiary/aromatic N) is 2. The number of nitrogens with one attached hydrogen (secondary N) is 1. The first-order chi connectivity index (χ1) is 9.02. The number of fused-ring (bicyclic) bond motifs is 1. The van der Waals surface area contributed by atoms with E-state index in [0.29, 0.717) is 12.4 Å². The lowest BCUT2D eigenvalue weighted by Crippen LogP contribution is -2.27. The molecule has 1 heterocycles. The average molecular weight is 345 g/mol. The molecule has 0 radical (unpaired) electrons. The maximum Gasteiger partial charge on any atom is 0.239 e. The minimum absolute atomic E-state index is 0.0413. The van der Waals surface area contributed by atoms with Gasteiger partial charge in [0, 0.05) is 11.0 Å². The third-order valence-corrected chi connectivity index (χ3v) is 3.46. The van der Waals surface area contributed by atoms with Crippen LogP contribution in [0.4, 0.5) is 0 Å². The number of halogens is 2. The molecule has 1 unspecified atom stereocenters. The highest BCUT2D eigenvalue weighted by Crippen LogP contribution is 2.26. The summed E-state index contributed by atoms with van der Waals surface area (Å²) in [4.78, 5) is 16.3. The molecule has 2 aromatic rings. The molecule has 1 amide bonds. The molecule has 0 spiro atoms. The van der Waals surface area contributed by atoms with Gasteiger partial charge in [0.1, 0.15) is 12.4 Å². The lowest BCUT2D eigenvalue weighted by atomic mass is 10.3. The topological polar surface area (TPSA) is 46.9 Å². The Morgan fingerprint density at radius 1 is 1.58 bits per heavy atom. The molecular weight excluding hydrogens is 330 g/mol. The summed E-state index contributed by atoms with van der Waals surface area (Å²) in [5.41, 5.74) is 1.75. The van der Waals surface area contributed by atoms with Crippen molar-refractivity contribution in [2.75, 3.05) is 6.54 Å². The lowest BCUT2D eigenvalue weighted by Gasteiger charge is -2.10. The van der Waals surface area contributed by atoms with E-state index in [1.165, 1.54) is 0 Å². The van der Waals surface area contributed by atoms with Crippen molar-refractivity contribution >= 4 is 44.5 Å². The van der Waals surface area contributed by atoms with Crippen LogP contribution >= 0.6 is 27.5 Å². The molecule has 0 aliphatic carbocycles. The second-order valence-corrected chi connectivity index (χ2v) is 5.83. The second-order valence-electron chi connectivity index (χ2n) is 4.26. The highest BCUT2D eigenvalue weighted by Gasteiger charge is 2.17. The maximum absolute atomic E-state index is 11.8. The van der Waals surface area contributed by atoms with Crippen molar-refractivity contribution in [1.82, 2.24) is 14.9 Å². The van der Waals surface area contributed by atoms with Gasteiger partial charge >= 0.3 is 0 Å². The number of carbonyl (C=O) groups is 1. The smallest absolute Gasteiger partial charge is 0.239 e. The van der Waals surface area contributed by atoms with Gasteiger partial charge in [0.25, 0.3) is 0 Å². The van der Waals surface area contributed by atoms with Gasteiger partial charge in [-0.05, 0) is 32.0 Å². The minimum Gasteiger partial charge on any atom is -0.355 e. The third-order valence-electron chi connectivity index (χ3n) is 2.77. The molecule has 0 aliphatic rings. The highest BCUT2D eigenvalue weighted by atomic mass is 79.9. The Kier molecular flexibility index (Phi) is 4.47. The van der Waals surface area contributed by atoms with Crippen LogP contribution in [0.3, 0.4) is 0 Å². The summed E-state index contributed by atoms with van der Waals surface area (Å²) in [6.07, 6.45) is 0. The van der Waals surface area contributed by atoms with Crippen LogP contribution in [-0.4, -0.2) is 22.0 Å². The molecule has 102 valence electrons. The normalized spacial score (nSPS) is 12.6. The number of carbonyl (C=O) groups excluding carboxylic acids is 1. The van der Waals surface area contributed by atoms with Crippen LogP contribution in [0.15, 0.2) is 22.7 Å². The largest absolute Gasteiger partial charge is 0.355 e. The van der Waals surface area contributed by atoms with E-state index in [-0.39, 0.29) is 17.8 Å². The van der Waals surface area contributed by atoms with E-state index in [9.17, 15) is 4.79 Å². The first-order valence-electron chi connectivity index (χ1n) is 6.09. The summed E-state index contributed by atoms with van der Waals surface area (Å²) in [6, 6.07) is 5.79. The molecule has 1 atom stereocenters. The first-order valence-corrected chi connectivity index (χ1v) is 7.32. The number of likely N-dealkylation sites (N-methyl/N-ethyl adjacent to an activating group) is 1. The number of rotatable bonds is 4. The molecule has 0 fully saturated rings. The van der Waals surface area contributed by atoms with Crippen LogP contribution in [0.5, 0.6) is 0 Å². The number of amides is 1. The van der Waals surface area contributed by atoms with Crippen LogP contribution in [0.25, 0.3) is 11.0 Å². The van der Waals surface area contributed by atoms with Crippen molar-refractivity contribution in [3.63, 3.8) is 0 Å². The van der Waals surface area contributed by atoms with Crippen LogP contribution in [-0.2, 0) is 11.3 Å². The molecule has 19 heavy (non-hydrogen) atoms. The van der Waals surface area contributed by atoms with Gasteiger partial charge < -0.3 is 9.88 Å². The van der Waals surface area contributed by atoms with Crippen LogP contribution in [0.1, 0.15) is 25.0 Å². The van der Waals surface area contributed by atoms with Gasteiger partial charge in [0.15, 0.2) is 0 Å². The van der Waals surface area contributed by atoms with E-state index in [4.69, 9.17) is 11.6 Å². The lowest BCUT2D eigenvalue weighted by molar-refractivity contribution is -0.121. The van der Waals surface area contributed by atoms with E-state index >= 15 is 0 Å². The molecule has 1 N–H and O–H groups in total. The van der Waals surface area contributed by atoms with Crippen molar-refractivity contribution in [3.05, 3.63) is 28.5 Å². The Balaban J connectivity index is 2.50. The number of aromatic nitrogens is 2. The number of hydrogen-bond donors (Lipinski definition) is 1. The molecule has 4 nitrogen and oxygen atoms in total. The predicted molar refractivity (Wildman–Crippen MR) is 80.4 cm³/mol. The molecule has 0 aliphatic heterocycles. The summed E-state index contributed by atoms with van der Waals surface area (Å²) >= 11 is 9.59. The molecule has 0 bridgehead atoms. The number of hydrogen-bond acceptors (Lipinski definition) is 2. The van der Waals surface area contributed by atoms with E-state index in [2.05, 4.69) is 26.2 Å². The molecule has 1 aromatic heterocycles. The average Bonchev–Trinajstić information content (AvgIpc) is 2.68. The Hall–Kier alpha value is -1.07.